The summed E-state index contributed by atoms with van der Waals surface area (Å²) in [7, 11) is 0. The average molecular weight is 420 g/mol. The molecule has 0 spiro atoms. The van der Waals surface area contributed by atoms with Crippen LogP contribution in [0.4, 0.5) is 0 Å². The first-order valence-corrected chi connectivity index (χ1v) is 10.6. The van der Waals surface area contributed by atoms with Crippen LogP contribution in [0.25, 0.3) is 0 Å². The van der Waals surface area contributed by atoms with Crippen molar-refractivity contribution in [2.75, 3.05) is 13.1 Å². The summed E-state index contributed by atoms with van der Waals surface area (Å²) < 4.78 is 0. The molecule has 1 aromatic heterocycles. The number of hydrogen-bond donors (Lipinski definition) is 5. The SMILES string of the molecule is CCNC(=O)[C@H](CCCN=C(N)N)NC(=O)[C@@H](NCc1ccc(C)nc1)[C@@H](C)CC. The number of rotatable bonds is 13. The Bertz CT molecular complexity index is 687. The molecule has 0 fully saturated rings. The van der Waals surface area contributed by atoms with E-state index >= 15 is 0 Å². The van der Waals surface area contributed by atoms with Gasteiger partial charge in [-0.05, 0) is 44.2 Å². The third-order valence-corrected chi connectivity index (χ3v) is 4.92. The number of pyridine rings is 1. The monoisotopic (exact) mass is 419 g/mol. The largest absolute Gasteiger partial charge is 0.370 e. The van der Waals surface area contributed by atoms with Crippen molar-refractivity contribution in [2.24, 2.45) is 22.4 Å². The van der Waals surface area contributed by atoms with Crippen LogP contribution in [0.15, 0.2) is 23.3 Å². The van der Waals surface area contributed by atoms with E-state index in [2.05, 4.69) is 25.9 Å². The Labute approximate surface area is 179 Å². The van der Waals surface area contributed by atoms with Gasteiger partial charge in [0.15, 0.2) is 5.96 Å². The summed E-state index contributed by atoms with van der Waals surface area (Å²) >= 11 is 0. The number of aromatic nitrogens is 1. The molecule has 30 heavy (non-hydrogen) atoms. The van der Waals surface area contributed by atoms with Gasteiger partial charge in [-0.3, -0.25) is 19.6 Å². The summed E-state index contributed by atoms with van der Waals surface area (Å²) in [4.78, 5) is 33.7. The number of aliphatic imine (C=N–C) groups is 1. The Morgan fingerprint density at radius 1 is 1.20 bits per heavy atom. The van der Waals surface area contributed by atoms with Gasteiger partial charge in [0.2, 0.25) is 11.8 Å². The lowest BCUT2D eigenvalue weighted by molar-refractivity contribution is -0.130. The molecule has 3 atom stereocenters. The second-order valence-electron chi connectivity index (χ2n) is 7.46. The molecule has 0 aromatic carbocycles. The lowest BCUT2D eigenvalue weighted by Crippen LogP contribution is -2.54. The number of carbonyl (C=O) groups excluding carboxylic acids is 2. The first-order valence-electron chi connectivity index (χ1n) is 10.6. The van der Waals surface area contributed by atoms with Crippen LogP contribution in [-0.2, 0) is 16.1 Å². The lowest BCUT2D eigenvalue weighted by atomic mass is 9.97. The van der Waals surface area contributed by atoms with E-state index in [1.165, 1.54) is 0 Å². The molecule has 0 bridgehead atoms. The second-order valence-corrected chi connectivity index (χ2v) is 7.46. The quantitative estimate of drug-likeness (QED) is 0.179. The maximum Gasteiger partial charge on any atom is 0.242 e. The number of nitrogens with two attached hydrogens (primary N) is 2. The Balaban J connectivity index is 2.80. The van der Waals surface area contributed by atoms with Gasteiger partial charge in [0.1, 0.15) is 6.04 Å². The molecule has 7 N–H and O–H groups in total. The Morgan fingerprint density at radius 3 is 2.50 bits per heavy atom. The molecule has 168 valence electrons. The zero-order valence-corrected chi connectivity index (χ0v) is 18.6. The minimum Gasteiger partial charge on any atom is -0.370 e. The van der Waals surface area contributed by atoms with E-state index in [0.29, 0.717) is 32.5 Å². The predicted octanol–water partition coefficient (Wildman–Crippen LogP) is 0.569. The molecule has 0 unspecified atom stereocenters. The molecule has 9 nitrogen and oxygen atoms in total. The van der Waals surface area contributed by atoms with Gasteiger partial charge in [-0.15, -0.1) is 0 Å². The van der Waals surface area contributed by atoms with Crippen LogP contribution in [0, 0.1) is 12.8 Å². The van der Waals surface area contributed by atoms with E-state index in [0.717, 1.165) is 17.7 Å². The van der Waals surface area contributed by atoms with Gasteiger partial charge in [0.25, 0.3) is 0 Å². The molecule has 0 saturated carbocycles. The van der Waals surface area contributed by atoms with Gasteiger partial charge in [-0.25, -0.2) is 0 Å². The molecule has 2 amide bonds. The van der Waals surface area contributed by atoms with E-state index < -0.39 is 12.1 Å². The fourth-order valence-corrected chi connectivity index (χ4v) is 2.95. The van der Waals surface area contributed by atoms with Crippen LogP contribution in [0.1, 0.15) is 51.3 Å². The molecule has 0 saturated heterocycles. The second kappa shape index (κ2) is 13.5. The van der Waals surface area contributed by atoms with Gasteiger partial charge < -0.3 is 27.4 Å². The number of nitrogens with zero attached hydrogens (tertiary/aromatic N) is 2. The van der Waals surface area contributed by atoms with Crippen molar-refractivity contribution in [3.8, 4) is 0 Å². The summed E-state index contributed by atoms with van der Waals surface area (Å²) in [6.07, 6.45) is 3.66. The van der Waals surface area contributed by atoms with E-state index in [1.807, 2.05) is 39.8 Å². The Hall–Kier alpha value is -2.68. The summed E-state index contributed by atoms with van der Waals surface area (Å²) in [6, 6.07) is 2.87. The molecule has 0 aliphatic heterocycles. The minimum atomic E-state index is -0.638. The van der Waals surface area contributed by atoms with Gasteiger partial charge in [0.05, 0.1) is 6.04 Å². The van der Waals surface area contributed by atoms with Gasteiger partial charge in [0, 0.05) is 31.5 Å². The lowest BCUT2D eigenvalue weighted by Gasteiger charge is -2.26. The topological polar surface area (TPSA) is 148 Å². The number of hydrogen-bond acceptors (Lipinski definition) is 5. The van der Waals surface area contributed by atoms with Crippen molar-refractivity contribution in [1.82, 2.24) is 20.9 Å². The standard InChI is InChI=1S/C21H37N7O2/c1-5-14(3)18(27-13-16-10-9-15(4)26-12-16)20(30)28-17(19(29)24-6-2)8-7-11-25-21(22)23/h9-10,12,14,17-18,27H,5-8,11,13H2,1-4H3,(H,24,29)(H,28,30)(H4,22,23,25)/t14-,17-,18-/m0/s1. The highest BCUT2D eigenvalue weighted by molar-refractivity contribution is 5.89. The van der Waals surface area contributed by atoms with Crippen LogP contribution >= 0.6 is 0 Å². The molecule has 0 radical (unpaired) electrons. The number of carbonyl (C=O) groups is 2. The average Bonchev–Trinajstić information content (AvgIpc) is 2.71. The van der Waals surface area contributed by atoms with Crippen molar-refractivity contribution < 1.29 is 9.59 Å². The molecule has 1 heterocycles. The smallest absolute Gasteiger partial charge is 0.242 e. The van der Waals surface area contributed by atoms with Crippen LogP contribution in [0.5, 0.6) is 0 Å². The van der Waals surface area contributed by atoms with Crippen LogP contribution in [0.2, 0.25) is 0 Å². The fraction of sp³-hybridized carbons (Fsp3) is 0.619. The molecule has 9 heteroatoms. The molecule has 0 aliphatic carbocycles. The van der Waals surface area contributed by atoms with Crippen LogP contribution in [-0.4, -0.2) is 47.9 Å². The third kappa shape index (κ3) is 9.21. The van der Waals surface area contributed by atoms with Crippen LogP contribution < -0.4 is 27.4 Å². The third-order valence-electron chi connectivity index (χ3n) is 4.92. The number of aryl methyl sites for hydroxylation is 1. The molecule has 1 aromatic rings. The van der Waals surface area contributed by atoms with Crippen molar-refractivity contribution >= 4 is 17.8 Å². The van der Waals surface area contributed by atoms with Crippen molar-refractivity contribution in [3.63, 3.8) is 0 Å². The van der Waals surface area contributed by atoms with E-state index in [1.54, 1.807) is 6.20 Å². The molecular formula is C21H37N7O2. The summed E-state index contributed by atoms with van der Waals surface area (Å²) in [5.74, 6) is -0.288. The highest BCUT2D eigenvalue weighted by Crippen LogP contribution is 2.11. The maximum absolute atomic E-state index is 13.0. The van der Waals surface area contributed by atoms with Gasteiger partial charge in [-0.2, -0.15) is 0 Å². The summed E-state index contributed by atoms with van der Waals surface area (Å²) in [5.41, 5.74) is 12.6. The summed E-state index contributed by atoms with van der Waals surface area (Å²) in [6.45, 7) is 9.25. The number of likely N-dealkylation sites (N-methyl/N-ethyl adjacent to an activating group) is 1. The molecular weight excluding hydrogens is 382 g/mol. The zero-order chi connectivity index (χ0) is 22.5. The highest BCUT2D eigenvalue weighted by atomic mass is 16.2. The van der Waals surface area contributed by atoms with Gasteiger partial charge >= 0.3 is 0 Å². The first kappa shape index (κ1) is 25.4. The van der Waals surface area contributed by atoms with Crippen molar-refractivity contribution in [2.45, 2.75) is 65.6 Å². The van der Waals surface area contributed by atoms with E-state index in [-0.39, 0.29) is 23.7 Å². The van der Waals surface area contributed by atoms with Crippen molar-refractivity contribution in [1.29, 1.82) is 0 Å². The first-order chi connectivity index (χ1) is 14.3. The minimum absolute atomic E-state index is 0.0141. The fourth-order valence-electron chi connectivity index (χ4n) is 2.95. The maximum atomic E-state index is 13.0. The van der Waals surface area contributed by atoms with E-state index in [9.17, 15) is 9.59 Å². The summed E-state index contributed by atoms with van der Waals surface area (Å²) in [5, 5.41) is 9.01. The van der Waals surface area contributed by atoms with Crippen molar-refractivity contribution in [3.05, 3.63) is 29.6 Å². The molecule has 1 rings (SSSR count). The highest BCUT2D eigenvalue weighted by Gasteiger charge is 2.28. The van der Waals surface area contributed by atoms with Crippen LogP contribution in [0.3, 0.4) is 0 Å². The number of amides is 2. The molecule has 0 aliphatic rings. The normalized spacial score (nSPS) is 13.7. The number of nitrogens with one attached hydrogen (secondary N) is 3. The number of guanidine groups is 1. The Kier molecular flexibility index (Phi) is 11.4. The Morgan fingerprint density at radius 2 is 1.93 bits per heavy atom. The van der Waals surface area contributed by atoms with E-state index in [4.69, 9.17) is 11.5 Å². The predicted molar refractivity (Wildman–Crippen MR) is 120 cm³/mol. The zero-order valence-electron chi connectivity index (χ0n) is 18.6. The van der Waals surface area contributed by atoms with Gasteiger partial charge in [-0.1, -0.05) is 26.3 Å².